The molecule has 0 bridgehead atoms. The van der Waals surface area contributed by atoms with Gasteiger partial charge < -0.3 is 10.0 Å². The summed E-state index contributed by atoms with van der Waals surface area (Å²) in [5.74, 6) is 1.53. The topological polar surface area (TPSA) is 49.2 Å². The molecule has 20 heavy (non-hydrogen) atoms. The van der Waals surface area contributed by atoms with E-state index in [1.807, 2.05) is 11.9 Å². The summed E-state index contributed by atoms with van der Waals surface area (Å²) in [5.41, 5.74) is -0.147. The number of hydrogen-bond donors (Lipinski definition) is 1. The van der Waals surface area contributed by atoms with E-state index in [-0.39, 0.29) is 17.6 Å². The van der Waals surface area contributed by atoms with E-state index >= 15 is 0 Å². The quantitative estimate of drug-likeness (QED) is 0.852. The van der Waals surface area contributed by atoms with Crippen molar-refractivity contribution in [1.82, 2.24) is 9.97 Å². The molecule has 1 saturated carbocycles. The number of nitrogens with zero attached hydrogens (tertiary/aromatic N) is 3. The van der Waals surface area contributed by atoms with E-state index in [0.29, 0.717) is 5.15 Å². The number of hydrogen-bond acceptors (Lipinski definition) is 4. The Morgan fingerprint density at radius 3 is 2.50 bits per heavy atom. The zero-order valence-electron chi connectivity index (χ0n) is 12.7. The maximum absolute atomic E-state index is 10.2. The third-order valence-electron chi connectivity index (χ3n) is 3.90. The molecule has 1 aliphatic carbocycles. The van der Waals surface area contributed by atoms with Gasteiger partial charge in [0.05, 0.1) is 12.1 Å². The maximum Gasteiger partial charge on any atom is 0.137 e. The highest BCUT2D eigenvalue weighted by atomic mass is 35.5. The molecule has 0 amide bonds. The van der Waals surface area contributed by atoms with Gasteiger partial charge in [0.1, 0.15) is 16.8 Å². The van der Waals surface area contributed by atoms with Crippen LogP contribution in [0.5, 0.6) is 0 Å². The van der Waals surface area contributed by atoms with Gasteiger partial charge in [-0.3, -0.25) is 0 Å². The average molecular weight is 298 g/mol. The SMILES string of the molecule is CN(c1cc(Cl)nc(C(C)(C)C)n1)C1CCCCC1O. The highest BCUT2D eigenvalue weighted by Crippen LogP contribution is 2.28. The van der Waals surface area contributed by atoms with Crippen LogP contribution in [0.1, 0.15) is 52.3 Å². The van der Waals surface area contributed by atoms with Gasteiger partial charge in [0.15, 0.2) is 0 Å². The molecule has 112 valence electrons. The van der Waals surface area contributed by atoms with E-state index in [4.69, 9.17) is 11.6 Å². The molecular formula is C15H24ClN3O. The van der Waals surface area contributed by atoms with Gasteiger partial charge in [0.25, 0.3) is 0 Å². The van der Waals surface area contributed by atoms with Gasteiger partial charge in [-0.2, -0.15) is 0 Å². The molecule has 1 heterocycles. The van der Waals surface area contributed by atoms with Gasteiger partial charge in [-0.1, -0.05) is 45.2 Å². The number of aliphatic hydroxyl groups is 1. The Bertz CT molecular complexity index is 473. The Kier molecular flexibility index (Phi) is 4.55. The number of anilines is 1. The molecule has 1 fully saturated rings. The zero-order valence-corrected chi connectivity index (χ0v) is 13.5. The first kappa shape index (κ1) is 15.5. The molecule has 1 aliphatic rings. The summed E-state index contributed by atoms with van der Waals surface area (Å²) in [6, 6.07) is 1.89. The fraction of sp³-hybridized carbons (Fsp3) is 0.733. The summed E-state index contributed by atoms with van der Waals surface area (Å²) in [6.07, 6.45) is 3.81. The van der Waals surface area contributed by atoms with Crippen LogP contribution in [0.4, 0.5) is 5.82 Å². The molecule has 1 N–H and O–H groups in total. The van der Waals surface area contributed by atoms with Crippen molar-refractivity contribution in [3.8, 4) is 0 Å². The summed E-state index contributed by atoms with van der Waals surface area (Å²) >= 11 is 6.14. The second-order valence-corrected chi connectivity index (χ2v) is 7.04. The maximum atomic E-state index is 10.2. The van der Waals surface area contributed by atoms with E-state index in [2.05, 4.69) is 30.7 Å². The van der Waals surface area contributed by atoms with E-state index in [1.54, 1.807) is 6.07 Å². The predicted octanol–water partition coefficient (Wildman–Crippen LogP) is 3.17. The van der Waals surface area contributed by atoms with Crippen LogP contribution in [0.15, 0.2) is 6.07 Å². The minimum absolute atomic E-state index is 0.113. The Labute approximate surface area is 126 Å². The van der Waals surface area contributed by atoms with Gasteiger partial charge in [0.2, 0.25) is 0 Å². The fourth-order valence-electron chi connectivity index (χ4n) is 2.64. The van der Waals surface area contributed by atoms with Crippen molar-refractivity contribution < 1.29 is 5.11 Å². The standard InChI is InChI=1S/C15H24ClN3O/c1-15(2,3)14-17-12(16)9-13(18-14)19(4)10-7-5-6-8-11(10)20/h9-11,20H,5-8H2,1-4H3. The van der Waals surface area contributed by atoms with E-state index in [0.717, 1.165) is 37.3 Å². The molecule has 1 aromatic rings. The molecule has 0 spiro atoms. The van der Waals surface area contributed by atoms with Crippen LogP contribution in [0.25, 0.3) is 0 Å². The number of rotatable bonds is 2. The minimum atomic E-state index is -0.291. The van der Waals surface area contributed by atoms with Gasteiger partial charge >= 0.3 is 0 Å². The molecule has 0 aliphatic heterocycles. The fourth-order valence-corrected chi connectivity index (χ4v) is 2.81. The molecule has 4 nitrogen and oxygen atoms in total. The Balaban J connectivity index is 2.29. The lowest BCUT2D eigenvalue weighted by Gasteiger charge is -2.36. The first-order valence-corrected chi connectivity index (χ1v) is 7.63. The van der Waals surface area contributed by atoms with Crippen molar-refractivity contribution in [3.05, 3.63) is 17.0 Å². The van der Waals surface area contributed by atoms with Crippen LogP contribution in [-0.2, 0) is 5.41 Å². The van der Waals surface area contributed by atoms with Crippen LogP contribution in [0.2, 0.25) is 5.15 Å². The first-order chi connectivity index (χ1) is 9.29. The molecule has 0 aromatic carbocycles. The monoisotopic (exact) mass is 297 g/mol. The summed E-state index contributed by atoms with van der Waals surface area (Å²) in [7, 11) is 1.98. The second-order valence-electron chi connectivity index (χ2n) is 6.65. The molecule has 0 radical (unpaired) electrons. The second kappa shape index (κ2) is 5.86. The smallest absolute Gasteiger partial charge is 0.137 e. The molecule has 0 saturated heterocycles. The lowest BCUT2D eigenvalue weighted by molar-refractivity contribution is 0.106. The number of aliphatic hydroxyl groups excluding tert-OH is 1. The normalized spacial score (nSPS) is 23.7. The lowest BCUT2D eigenvalue weighted by Crippen LogP contribution is -2.44. The third-order valence-corrected chi connectivity index (χ3v) is 4.10. The average Bonchev–Trinajstić information content (AvgIpc) is 2.37. The van der Waals surface area contributed by atoms with Crippen LogP contribution in [0, 0.1) is 0 Å². The molecule has 2 unspecified atom stereocenters. The highest BCUT2D eigenvalue weighted by molar-refractivity contribution is 6.29. The predicted molar refractivity (Wildman–Crippen MR) is 82.4 cm³/mol. The molecular weight excluding hydrogens is 274 g/mol. The van der Waals surface area contributed by atoms with Crippen LogP contribution in [0.3, 0.4) is 0 Å². The van der Waals surface area contributed by atoms with Crippen molar-refractivity contribution in [3.63, 3.8) is 0 Å². The lowest BCUT2D eigenvalue weighted by atomic mass is 9.91. The summed E-state index contributed by atoms with van der Waals surface area (Å²) in [4.78, 5) is 11.0. The van der Waals surface area contributed by atoms with Crippen molar-refractivity contribution in [2.45, 2.75) is 64.0 Å². The molecule has 2 rings (SSSR count). The van der Waals surface area contributed by atoms with Crippen LogP contribution >= 0.6 is 11.6 Å². The van der Waals surface area contributed by atoms with Crippen molar-refractivity contribution >= 4 is 17.4 Å². The van der Waals surface area contributed by atoms with Crippen molar-refractivity contribution in [2.24, 2.45) is 0 Å². The van der Waals surface area contributed by atoms with Gasteiger partial charge in [-0.15, -0.1) is 0 Å². The van der Waals surface area contributed by atoms with Crippen molar-refractivity contribution in [2.75, 3.05) is 11.9 Å². The molecule has 1 aromatic heterocycles. The first-order valence-electron chi connectivity index (χ1n) is 7.25. The largest absolute Gasteiger partial charge is 0.391 e. The zero-order chi connectivity index (χ0) is 14.9. The number of halogens is 1. The van der Waals surface area contributed by atoms with Crippen molar-refractivity contribution in [1.29, 1.82) is 0 Å². The van der Waals surface area contributed by atoms with E-state index in [9.17, 15) is 5.11 Å². The van der Waals surface area contributed by atoms with Gasteiger partial charge in [0, 0.05) is 18.5 Å². The third kappa shape index (κ3) is 3.41. The Hall–Kier alpha value is -0.870. The van der Waals surface area contributed by atoms with Crippen LogP contribution < -0.4 is 4.90 Å². The molecule has 2 atom stereocenters. The van der Waals surface area contributed by atoms with Gasteiger partial charge in [-0.05, 0) is 12.8 Å². The molecule has 5 heteroatoms. The summed E-state index contributed by atoms with van der Waals surface area (Å²) < 4.78 is 0. The van der Waals surface area contributed by atoms with Gasteiger partial charge in [-0.25, -0.2) is 9.97 Å². The Morgan fingerprint density at radius 2 is 1.90 bits per heavy atom. The Morgan fingerprint density at radius 1 is 1.25 bits per heavy atom. The highest BCUT2D eigenvalue weighted by Gasteiger charge is 2.28. The minimum Gasteiger partial charge on any atom is -0.391 e. The van der Waals surface area contributed by atoms with Crippen LogP contribution in [-0.4, -0.2) is 34.3 Å². The number of aromatic nitrogens is 2. The number of likely N-dealkylation sites (N-methyl/N-ethyl adjacent to an activating group) is 1. The van der Waals surface area contributed by atoms with E-state index in [1.165, 1.54) is 0 Å². The summed E-state index contributed by atoms with van der Waals surface area (Å²) in [5, 5.41) is 10.6. The van der Waals surface area contributed by atoms with E-state index < -0.39 is 0 Å². The summed E-state index contributed by atoms with van der Waals surface area (Å²) in [6.45, 7) is 6.20.